The Labute approximate surface area is 70.7 Å². The van der Waals surface area contributed by atoms with Gasteiger partial charge in [0.15, 0.2) is 0 Å². The maximum absolute atomic E-state index is 12.2. The van der Waals surface area contributed by atoms with Crippen LogP contribution in [0.5, 0.6) is 0 Å². The van der Waals surface area contributed by atoms with Gasteiger partial charge in [-0.1, -0.05) is 41.9 Å². The van der Waals surface area contributed by atoms with Crippen LogP contribution in [0, 0.1) is 5.92 Å². The van der Waals surface area contributed by atoms with Crippen molar-refractivity contribution < 1.29 is 4.39 Å². The highest BCUT2D eigenvalue weighted by molar-refractivity contribution is 8.76. The Kier molecular flexibility index (Phi) is 6.75. The predicted octanol–water partition coefficient (Wildman–Crippen LogP) is 3.38. The molecule has 0 aromatic carbocycles. The molecule has 0 rings (SSSR count). The molecule has 0 N–H and O–H groups in total. The molecule has 10 heavy (non-hydrogen) atoms. The van der Waals surface area contributed by atoms with E-state index in [0.717, 1.165) is 6.42 Å². The maximum Gasteiger partial charge on any atom is 0.102 e. The fourth-order valence-electron chi connectivity index (χ4n) is 0.659. The van der Waals surface area contributed by atoms with Crippen LogP contribution >= 0.6 is 21.6 Å². The molecule has 0 saturated carbocycles. The largest absolute Gasteiger partial charge is 0.250 e. The number of hydrogen-bond donors (Lipinski definition) is 0. The van der Waals surface area contributed by atoms with Gasteiger partial charge < -0.3 is 0 Å². The third-order valence-corrected chi connectivity index (χ3v) is 4.00. The lowest BCUT2D eigenvalue weighted by atomic mass is 10.1. The van der Waals surface area contributed by atoms with Gasteiger partial charge in [0.05, 0.1) is 0 Å². The Balaban J connectivity index is 3.56. The van der Waals surface area contributed by atoms with Crippen LogP contribution in [0.25, 0.3) is 0 Å². The number of rotatable bonds is 5. The molecule has 0 spiro atoms. The number of alkyl halides is 1. The Hall–Kier alpha value is 0.630. The molecule has 0 aliphatic heterocycles. The molecule has 0 saturated heterocycles. The number of hydrogen-bond acceptors (Lipinski definition) is 2. The molecule has 0 nitrogen and oxygen atoms in total. The van der Waals surface area contributed by atoms with Gasteiger partial charge in [-0.2, -0.15) is 0 Å². The second-order valence-electron chi connectivity index (χ2n) is 2.34. The zero-order valence-electron chi connectivity index (χ0n) is 6.76. The molecule has 0 aliphatic carbocycles. The van der Waals surface area contributed by atoms with Crippen molar-refractivity contribution in [2.45, 2.75) is 25.5 Å². The van der Waals surface area contributed by atoms with E-state index < -0.39 is 0 Å². The highest BCUT2D eigenvalue weighted by atomic mass is 33.1. The summed E-state index contributed by atoms with van der Waals surface area (Å²) in [4.78, 5) is 0. The molecule has 0 fully saturated rings. The van der Waals surface area contributed by atoms with Crippen molar-refractivity contribution >= 4 is 21.6 Å². The van der Waals surface area contributed by atoms with Crippen molar-refractivity contribution in [2.24, 2.45) is 5.92 Å². The normalized spacial score (nSPS) is 16.8. The van der Waals surface area contributed by atoms with Gasteiger partial charge in [0.1, 0.15) is 6.67 Å². The fourth-order valence-corrected chi connectivity index (χ4v) is 2.80. The van der Waals surface area contributed by atoms with Gasteiger partial charge in [-0.05, 0) is 12.2 Å². The first-order valence-electron chi connectivity index (χ1n) is 3.51. The van der Waals surface area contributed by atoms with E-state index in [0.29, 0.717) is 5.92 Å². The molecular formula is C7H15FS2. The van der Waals surface area contributed by atoms with E-state index in [1.54, 1.807) is 21.6 Å². The van der Waals surface area contributed by atoms with E-state index in [1.807, 2.05) is 6.26 Å². The van der Waals surface area contributed by atoms with Crippen LogP contribution in [0.4, 0.5) is 4.39 Å². The van der Waals surface area contributed by atoms with Crippen molar-refractivity contribution in [3.05, 3.63) is 0 Å². The summed E-state index contributed by atoms with van der Waals surface area (Å²) in [6.45, 7) is 4.02. The van der Waals surface area contributed by atoms with Gasteiger partial charge in [0, 0.05) is 5.25 Å². The molecule has 0 heterocycles. The van der Waals surface area contributed by atoms with Gasteiger partial charge in [0.2, 0.25) is 0 Å². The van der Waals surface area contributed by atoms with Gasteiger partial charge >= 0.3 is 0 Å². The Morgan fingerprint density at radius 3 is 2.40 bits per heavy atom. The summed E-state index contributed by atoms with van der Waals surface area (Å²) in [5.74, 6) is 0.502. The predicted molar refractivity (Wildman–Crippen MR) is 50.3 cm³/mol. The standard InChI is InChI=1S/C7H15FS2/c1-4-6(2)7(5-8)10-9-3/h6-7H,4-5H2,1-3H3/t6?,7-/m0/s1. The third-order valence-electron chi connectivity index (χ3n) is 1.65. The van der Waals surface area contributed by atoms with Crippen molar-refractivity contribution in [1.82, 2.24) is 0 Å². The van der Waals surface area contributed by atoms with Gasteiger partial charge in [-0.25, -0.2) is 4.39 Å². The van der Waals surface area contributed by atoms with Crippen molar-refractivity contribution in [3.8, 4) is 0 Å². The van der Waals surface area contributed by atoms with Crippen LogP contribution in [0.15, 0.2) is 0 Å². The first-order valence-corrected chi connectivity index (χ1v) is 6.13. The van der Waals surface area contributed by atoms with E-state index >= 15 is 0 Å². The summed E-state index contributed by atoms with van der Waals surface area (Å²) in [6.07, 6.45) is 3.07. The van der Waals surface area contributed by atoms with Crippen LogP contribution in [-0.2, 0) is 0 Å². The second kappa shape index (κ2) is 6.35. The molecule has 0 bridgehead atoms. The van der Waals surface area contributed by atoms with Crippen LogP contribution in [0.1, 0.15) is 20.3 Å². The summed E-state index contributed by atoms with van der Waals surface area (Å²) in [5.41, 5.74) is 0. The highest BCUT2D eigenvalue weighted by Crippen LogP contribution is 2.30. The zero-order valence-corrected chi connectivity index (χ0v) is 8.40. The van der Waals surface area contributed by atoms with Crippen LogP contribution in [0.3, 0.4) is 0 Å². The maximum atomic E-state index is 12.2. The van der Waals surface area contributed by atoms with Gasteiger partial charge in [-0.15, -0.1) is 0 Å². The smallest absolute Gasteiger partial charge is 0.102 e. The minimum Gasteiger partial charge on any atom is -0.250 e. The van der Waals surface area contributed by atoms with Crippen LogP contribution < -0.4 is 0 Å². The molecule has 1 unspecified atom stereocenters. The molecule has 3 heteroatoms. The summed E-state index contributed by atoms with van der Waals surface area (Å²) >= 11 is 0. The minimum absolute atomic E-state index is 0.194. The summed E-state index contributed by atoms with van der Waals surface area (Å²) in [7, 11) is 3.31. The quantitative estimate of drug-likeness (QED) is 0.598. The zero-order chi connectivity index (χ0) is 7.98. The lowest BCUT2D eigenvalue weighted by Crippen LogP contribution is -2.14. The molecule has 62 valence electrons. The Morgan fingerprint density at radius 1 is 1.50 bits per heavy atom. The second-order valence-corrected chi connectivity index (χ2v) is 5.05. The first kappa shape index (κ1) is 10.6. The third kappa shape index (κ3) is 3.71. The van der Waals surface area contributed by atoms with Gasteiger partial charge in [-0.3, -0.25) is 0 Å². The van der Waals surface area contributed by atoms with Crippen molar-refractivity contribution in [1.29, 1.82) is 0 Å². The topological polar surface area (TPSA) is 0 Å². The molecule has 0 radical (unpaired) electrons. The fraction of sp³-hybridized carbons (Fsp3) is 1.00. The molecular weight excluding hydrogens is 167 g/mol. The van der Waals surface area contributed by atoms with E-state index in [2.05, 4.69) is 13.8 Å². The average Bonchev–Trinajstić information content (AvgIpc) is 1.99. The van der Waals surface area contributed by atoms with Crippen LogP contribution in [0.2, 0.25) is 0 Å². The van der Waals surface area contributed by atoms with E-state index in [4.69, 9.17) is 0 Å². The summed E-state index contributed by atoms with van der Waals surface area (Å²) < 4.78 is 12.2. The summed E-state index contributed by atoms with van der Waals surface area (Å²) in [5, 5.41) is 0.194. The molecule has 0 aromatic rings. The van der Waals surface area contributed by atoms with Gasteiger partial charge in [0.25, 0.3) is 0 Å². The molecule has 0 aliphatic rings. The highest BCUT2D eigenvalue weighted by Gasteiger charge is 2.15. The Bertz CT molecular complexity index is 78.0. The molecule has 0 aromatic heterocycles. The van der Waals surface area contributed by atoms with Crippen molar-refractivity contribution in [2.75, 3.05) is 12.9 Å². The SMILES string of the molecule is CCC(C)[C@H](CF)SSC. The van der Waals surface area contributed by atoms with Crippen molar-refractivity contribution in [3.63, 3.8) is 0 Å². The van der Waals surface area contributed by atoms with E-state index in [9.17, 15) is 4.39 Å². The summed E-state index contributed by atoms with van der Waals surface area (Å²) in [6, 6.07) is 0. The van der Waals surface area contributed by atoms with E-state index in [1.165, 1.54) is 0 Å². The van der Waals surface area contributed by atoms with Crippen LogP contribution in [-0.4, -0.2) is 18.2 Å². The molecule has 2 atom stereocenters. The minimum atomic E-state index is -0.194. The Morgan fingerprint density at radius 2 is 2.10 bits per heavy atom. The lowest BCUT2D eigenvalue weighted by molar-refractivity contribution is 0.411. The average molecular weight is 182 g/mol. The first-order chi connectivity index (χ1) is 4.76. The molecule has 0 amide bonds. The lowest BCUT2D eigenvalue weighted by Gasteiger charge is -2.16. The number of halogens is 1. The van der Waals surface area contributed by atoms with E-state index in [-0.39, 0.29) is 11.9 Å². The monoisotopic (exact) mass is 182 g/mol.